The smallest absolute Gasteiger partial charge is 0.288 e. The number of carbonyl (C=O) groups excluding carboxylic acids is 1. The van der Waals surface area contributed by atoms with E-state index < -0.39 is 17.8 Å². The maximum Gasteiger partial charge on any atom is 0.288 e. The van der Waals surface area contributed by atoms with E-state index >= 15 is 0 Å². The first kappa shape index (κ1) is 14.9. The minimum atomic E-state index is -2.57. The molecular formula is C12H15F2NO2S. The second-order valence-corrected chi connectivity index (χ2v) is 4.68. The second kappa shape index (κ2) is 7.33. The van der Waals surface area contributed by atoms with E-state index in [0.29, 0.717) is 18.2 Å². The summed E-state index contributed by atoms with van der Waals surface area (Å²) in [7, 11) is 0. The van der Waals surface area contributed by atoms with Gasteiger partial charge in [0, 0.05) is 11.4 Å². The summed E-state index contributed by atoms with van der Waals surface area (Å²) in [4.78, 5) is 12.0. The number of hydrogen-bond donors (Lipinski definition) is 2. The van der Waals surface area contributed by atoms with Crippen LogP contribution < -0.4 is 5.32 Å². The highest BCUT2D eigenvalue weighted by atomic mass is 32.2. The fraction of sp³-hybridized carbons (Fsp3) is 0.417. The number of thioether (sulfide) groups is 1. The van der Waals surface area contributed by atoms with Crippen LogP contribution in [0.2, 0.25) is 0 Å². The van der Waals surface area contributed by atoms with Gasteiger partial charge in [0.05, 0.1) is 11.7 Å². The molecule has 0 aliphatic heterocycles. The van der Waals surface area contributed by atoms with E-state index in [2.05, 4.69) is 5.32 Å². The van der Waals surface area contributed by atoms with Crippen molar-refractivity contribution in [2.45, 2.75) is 30.1 Å². The summed E-state index contributed by atoms with van der Waals surface area (Å²) in [5.41, 5.74) is 0.200. The molecule has 1 unspecified atom stereocenters. The van der Waals surface area contributed by atoms with Crippen molar-refractivity contribution in [3.05, 3.63) is 29.8 Å². The molecule has 0 aromatic heterocycles. The van der Waals surface area contributed by atoms with Crippen LogP contribution in [-0.2, 0) is 0 Å². The van der Waals surface area contributed by atoms with E-state index in [4.69, 9.17) is 0 Å². The topological polar surface area (TPSA) is 49.3 Å². The highest BCUT2D eigenvalue weighted by Crippen LogP contribution is 2.28. The predicted molar refractivity (Wildman–Crippen MR) is 66.9 cm³/mol. The van der Waals surface area contributed by atoms with Crippen molar-refractivity contribution in [2.24, 2.45) is 0 Å². The highest BCUT2D eigenvalue weighted by molar-refractivity contribution is 7.99. The van der Waals surface area contributed by atoms with Gasteiger partial charge in [-0.05, 0) is 18.6 Å². The SMILES string of the molecule is CCC(O)CNC(=O)c1ccccc1SC(F)F. The van der Waals surface area contributed by atoms with Gasteiger partial charge in [0.2, 0.25) is 0 Å². The molecule has 1 atom stereocenters. The van der Waals surface area contributed by atoms with Crippen LogP contribution in [0.15, 0.2) is 29.2 Å². The zero-order valence-corrected chi connectivity index (χ0v) is 10.7. The Balaban J connectivity index is 2.72. The maximum atomic E-state index is 12.3. The van der Waals surface area contributed by atoms with Gasteiger partial charge in [0.25, 0.3) is 11.7 Å². The molecule has 6 heteroatoms. The Bertz CT molecular complexity index is 401. The van der Waals surface area contributed by atoms with E-state index in [1.165, 1.54) is 12.1 Å². The molecule has 0 aliphatic carbocycles. The number of aliphatic hydroxyl groups excluding tert-OH is 1. The van der Waals surface area contributed by atoms with Crippen molar-refractivity contribution in [3.63, 3.8) is 0 Å². The van der Waals surface area contributed by atoms with Crippen molar-refractivity contribution in [1.82, 2.24) is 5.32 Å². The van der Waals surface area contributed by atoms with Crippen LogP contribution in [0.25, 0.3) is 0 Å². The third-order valence-corrected chi connectivity index (χ3v) is 3.11. The maximum absolute atomic E-state index is 12.3. The minimum Gasteiger partial charge on any atom is -0.391 e. The molecule has 18 heavy (non-hydrogen) atoms. The van der Waals surface area contributed by atoms with Crippen molar-refractivity contribution in [2.75, 3.05) is 6.54 Å². The number of carbonyl (C=O) groups is 1. The summed E-state index contributed by atoms with van der Waals surface area (Å²) in [6.45, 7) is 1.90. The summed E-state index contributed by atoms with van der Waals surface area (Å²) in [6, 6.07) is 6.17. The number of rotatable bonds is 6. The zero-order chi connectivity index (χ0) is 13.5. The molecular weight excluding hydrogens is 260 g/mol. The van der Waals surface area contributed by atoms with E-state index in [0.717, 1.165) is 0 Å². The van der Waals surface area contributed by atoms with Gasteiger partial charge in [-0.2, -0.15) is 8.78 Å². The summed E-state index contributed by atoms with van der Waals surface area (Å²) in [5, 5.41) is 11.8. The molecule has 100 valence electrons. The van der Waals surface area contributed by atoms with Crippen molar-refractivity contribution in [1.29, 1.82) is 0 Å². The molecule has 2 N–H and O–H groups in total. The van der Waals surface area contributed by atoms with Crippen LogP contribution in [0.3, 0.4) is 0 Å². The molecule has 0 radical (unpaired) electrons. The molecule has 1 rings (SSSR count). The van der Waals surface area contributed by atoms with Gasteiger partial charge in [-0.3, -0.25) is 4.79 Å². The first-order valence-corrected chi connectivity index (χ1v) is 6.42. The van der Waals surface area contributed by atoms with E-state index in [-0.39, 0.29) is 17.0 Å². The summed E-state index contributed by atoms with van der Waals surface area (Å²) in [5.74, 6) is -3.02. The predicted octanol–water partition coefficient (Wildman–Crippen LogP) is 2.50. The lowest BCUT2D eigenvalue weighted by Gasteiger charge is -2.11. The van der Waals surface area contributed by atoms with Gasteiger partial charge < -0.3 is 10.4 Å². The van der Waals surface area contributed by atoms with Gasteiger partial charge in [-0.1, -0.05) is 30.8 Å². The zero-order valence-electron chi connectivity index (χ0n) is 9.90. The monoisotopic (exact) mass is 275 g/mol. The van der Waals surface area contributed by atoms with Crippen molar-refractivity contribution < 1.29 is 18.7 Å². The van der Waals surface area contributed by atoms with E-state index in [1.807, 2.05) is 0 Å². The van der Waals surface area contributed by atoms with E-state index in [1.54, 1.807) is 19.1 Å². The Kier molecular flexibility index (Phi) is 6.07. The average molecular weight is 275 g/mol. The minimum absolute atomic E-state index is 0.114. The molecule has 1 aromatic carbocycles. The van der Waals surface area contributed by atoms with Gasteiger partial charge >= 0.3 is 0 Å². The van der Waals surface area contributed by atoms with Crippen LogP contribution >= 0.6 is 11.8 Å². The van der Waals surface area contributed by atoms with Gasteiger partial charge in [0.15, 0.2) is 0 Å². The standard InChI is InChI=1S/C12H15F2NO2S/c1-2-8(16)7-15-11(17)9-5-3-4-6-10(9)18-12(13)14/h3-6,8,12,16H,2,7H2,1H3,(H,15,17). The fourth-order valence-electron chi connectivity index (χ4n) is 1.30. The van der Waals surface area contributed by atoms with Gasteiger partial charge in [-0.25, -0.2) is 0 Å². The number of aliphatic hydroxyl groups is 1. The molecule has 0 spiro atoms. The Hall–Kier alpha value is -1.14. The third kappa shape index (κ3) is 4.62. The quantitative estimate of drug-likeness (QED) is 0.784. The summed E-state index contributed by atoms with van der Waals surface area (Å²) < 4.78 is 24.6. The molecule has 0 saturated heterocycles. The van der Waals surface area contributed by atoms with Crippen molar-refractivity contribution in [3.8, 4) is 0 Å². The molecule has 1 aromatic rings. The van der Waals surface area contributed by atoms with Crippen LogP contribution in [-0.4, -0.2) is 29.4 Å². The Labute approximate surface area is 109 Å². The Morgan fingerprint density at radius 1 is 1.44 bits per heavy atom. The van der Waals surface area contributed by atoms with E-state index in [9.17, 15) is 18.7 Å². The number of hydrogen-bond acceptors (Lipinski definition) is 3. The number of halogens is 2. The lowest BCUT2D eigenvalue weighted by molar-refractivity contribution is 0.0911. The Morgan fingerprint density at radius 3 is 2.72 bits per heavy atom. The normalized spacial score (nSPS) is 12.5. The molecule has 0 aliphatic rings. The van der Waals surface area contributed by atoms with Crippen LogP contribution in [0, 0.1) is 0 Å². The Morgan fingerprint density at radius 2 is 2.11 bits per heavy atom. The number of alkyl halides is 2. The van der Waals surface area contributed by atoms with Crippen LogP contribution in [0.5, 0.6) is 0 Å². The molecule has 0 fully saturated rings. The van der Waals surface area contributed by atoms with Crippen LogP contribution in [0.1, 0.15) is 23.7 Å². The second-order valence-electron chi connectivity index (χ2n) is 3.65. The third-order valence-electron chi connectivity index (χ3n) is 2.32. The van der Waals surface area contributed by atoms with Crippen LogP contribution in [0.4, 0.5) is 8.78 Å². The van der Waals surface area contributed by atoms with Gasteiger partial charge in [0.1, 0.15) is 0 Å². The number of benzene rings is 1. The molecule has 3 nitrogen and oxygen atoms in total. The summed E-state index contributed by atoms with van der Waals surface area (Å²) in [6.07, 6.45) is -0.0999. The molecule has 0 saturated carbocycles. The summed E-state index contributed by atoms with van der Waals surface area (Å²) >= 11 is 0.337. The average Bonchev–Trinajstić information content (AvgIpc) is 2.35. The largest absolute Gasteiger partial charge is 0.391 e. The number of nitrogens with one attached hydrogen (secondary N) is 1. The highest BCUT2D eigenvalue weighted by Gasteiger charge is 2.15. The fourth-order valence-corrected chi connectivity index (χ4v) is 1.94. The molecule has 0 bridgehead atoms. The van der Waals surface area contributed by atoms with Crippen molar-refractivity contribution >= 4 is 17.7 Å². The van der Waals surface area contributed by atoms with Gasteiger partial charge in [-0.15, -0.1) is 0 Å². The molecule has 0 heterocycles. The first-order chi connectivity index (χ1) is 8.54. The first-order valence-electron chi connectivity index (χ1n) is 5.54. The lowest BCUT2D eigenvalue weighted by Crippen LogP contribution is -2.32. The molecule has 1 amide bonds. The number of amides is 1. The lowest BCUT2D eigenvalue weighted by atomic mass is 10.2.